The largest absolute Gasteiger partial charge is 0.324 e. The Bertz CT molecular complexity index is 1170. The predicted octanol–water partition coefficient (Wildman–Crippen LogP) is 5.84. The van der Waals surface area contributed by atoms with Crippen LogP contribution in [0.5, 0.6) is 0 Å². The van der Waals surface area contributed by atoms with Gasteiger partial charge in [-0.15, -0.1) is 0 Å². The highest BCUT2D eigenvalue weighted by atomic mass is 19.1. The quantitative estimate of drug-likeness (QED) is 0.537. The van der Waals surface area contributed by atoms with E-state index in [4.69, 9.17) is 0 Å². The van der Waals surface area contributed by atoms with Crippen LogP contribution < -0.4 is 10.2 Å². The van der Waals surface area contributed by atoms with Gasteiger partial charge in [-0.3, -0.25) is 9.69 Å². The van der Waals surface area contributed by atoms with E-state index >= 15 is 0 Å². The number of urea groups is 1. The zero-order valence-electron chi connectivity index (χ0n) is 19.2. The van der Waals surface area contributed by atoms with E-state index in [2.05, 4.69) is 38.2 Å². The zero-order valence-corrected chi connectivity index (χ0v) is 19.2. The Hall–Kier alpha value is -3.67. The normalized spacial score (nSPS) is 13.9. The first kappa shape index (κ1) is 22.5. The van der Waals surface area contributed by atoms with Gasteiger partial charge in [-0.25, -0.2) is 9.18 Å². The first-order valence-electron chi connectivity index (χ1n) is 11.1. The minimum atomic E-state index is -0.565. The van der Waals surface area contributed by atoms with Gasteiger partial charge in [0, 0.05) is 31.0 Å². The van der Waals surface area contributed by atoms with Gasteiger partial charge in [0.15, 0.2) is 0 Å². The van der Waals surface area contributed by atoms with Gasteiger partial charge in [-0.2, -0.15) is 0 Å². The molecule has 1 aliphatic rings. The van der Waals surface area contributed by atoms with Crippen LogP contribution in [0.4, 0.5) is 20.6 Å². The van der Waals surface area contributed by atoms with E-state index < -0.39 is 11.7 Å². The molecule has 5 nitrogen and oxygen atoms in total. The van der Waals surface area contributed by atoms with Gasteiger partial charge >= 0.3 is 6.03 Å². The predicted molar refractivity (Wildman–Crippen MR) is 129 cm³/mol. The summed E-state index contributed by atoms with van der Waals surface area (Å²) in [6.45, 7) is 8.22. The van der Waals surface area contributed by atoms with Crippen molar-refractivity contribution in [1.82, 2.24) is 4.90 Å². The van der Waals surface area contributed by atoms with Gasteiger partial charge in [0.1, 0.15) is 5.82 Å². The second-order valence-electron chi connectivity index (χ2n) is 8.57. The van der Waals surface area contributed by atoms with Crippen molar-refractivity contribution in [3.05, 3.63) is 94.3 Å². The molecule has 3 aromatic carbocycles. The molecule has 0 atom stereocenters. The van der Waals surface area contributed by atoms with Crippen molar-refractivity contribution in [2.75, 3.05) is 23.3 Å². The molecular weight excluding hydrogens is 417 g/mol. The molecule has 0 bridgehead atoms. The topological polar surface area (TPSA) is 52.6 Å². The molecule has 3 amide bonds. The Morgan fingerprint density at radius 2 is 1.64 bits per heavy atom. The number of nitrogens with one attached hydrogen (secondary N) is 1. The van der Waals surface area contributed by atoms with Crippen molar-refractivity contribution in [3.8, 4) is 0 Å². The summed E-state index contributed by atoms with van der Waals surface area (Å²) in [5.74, 6) is -1.07. The van der Waals surface area contributed by atoms with Crippen LogP contribution in [-0.2, 0) is 6.54 Å². The summed E-state index contributed by atoms with van der Waals surface area (Å²) in [4.78, 5) is 29.2. The molecule has 1 N–H and O–H groups in total. The first-order chi connectivity index (χ1) is 15.8. The van der Waals surface area contributed by atoms with E-state index in [-0.39, 0.29) is 11.6 Å². The summed E-state index contributed by atoms with van der Waals surface area (Å²) in [5.41, 5.74) is 6.12. The second-order valence-corrected chi connectivity index (χ2v) is 8.57. The SMILES string of the molecule is Cc1cc(C)c(CN2CCCN(c3ccc(NC(=O)c4ccccc4F)cc3)C2=O)c(C)c1. The van der Waals surface area contributed by atoms with Gasteiger partial charge in [0.25, 0.3) is 5.91 Å². The van der Waals surface area contributed by atoms with Crippen molar-refractivity contribution < 1.29 is 14.0 Å². The number of nitrogens with zero attached hydrogens (tertiary/aromatic N) is 2. The molecule has 0 radical (unpaired) electrons. The van der Waals surface area contributed by atoms with Crippen LogP contribution in [0.3, 0.4) is 0 Å². The van der Waals surface area contributed by atoms with Crippen LogP contribution >= 0.6 is 0 Å². The highest BCUT2D eigenvalue weighted by molar-refractivity contribution is 6.04. The Labute approximate surface area is 193 Å². The third-order valence-electron chi connectivity index (χ3n) is 6.06. The standard InChI is InChI=1S/C27H28FN3O2/c1-18-15-19(2)24(20(3)16-18)17-30-13-6-14-31(27(30)33)22-11-9-21(10-12-22)29-26(32)23-7-4-5-8-25(23)28/h4-5,7-12,15-16H,6,13-14,17H2,1-3H3,(H,29,32). The molecule has 170 valence electrons. The average molecular weight is 446 g/mol. The van der Waals surface area contributed by atoms with Crippen LogP contribution in [-0.4, -0.2) is 29.9 Å². The summed E-state index contributed by atoms with van der Waals surface area (Å²) >= 11 is 0. The molecule has 1 saturated heterocycles. The van der Waals surface area contributed by atoms with E-state index in [0.29, 0.717) is 18.8 Å². The van der Waals surface area contributed by atoms with E-state index in [1.54, 1.807) is 41.3 Å². The summed E-state index contributed by atoms with van der Waals surface area (Å²) in [6.07, 6.45) is 0.876. The molecule has 6 heteroatoms. The van der Waals surface area contributed by atoms with Crippen molar-refractivity contribution >= 4 is 23.3 Å². The van der Waals surface area contributed by atoms with Crippen LogP contribution in [0.25, 0.3) is 0 Å². The van der Waals surface area contributed by atoms with E-state index in [0.717, 1.165) is 18.7 Å². The molecule has 0 aromatic heterocycles. The van der Waals surface area contributed by atoms with Gasteiger partial charge < -0.3 is 10.2 Å². The lowest BCUT2D eigenvalue weighted by molar-refractivity contribution is 0.102. The number of amides is 3. The maximum Gasteiger partial charge on any atom is 0.324 e. The molecule has 1 aliphatic heterocycles. The van der Waals surface area contributed by atoms with Crippen LogP contribution in [0.1, 0.15) is 39.0 Å². The zero-order chi connectivity index (χ0) is 23.5. The Morgan fingerprint density at radius 1 is 0.970 bits per heavy atom. The molecule has 0 spiro atoms. The Morgan fingerprint density at radius 3 is 2.30 bits per heavy atom. The number of benzene rings is 3. The number of rotatable bonds is 5. The minimum absolute atomic E-state index is 0.00915. The van der Waals surface area contributed by atoms with E-state index in [1.807, 2.05) is 4.90 Å². The number of halogens is 1. The average Bonchev–Trinajstić information content (AvgIpc) is 2.78. The van der Waals surface area contributed by atoms with Gasteiger partial charge in [0.05, 0.1) is 5.56 Å². The molecule has 0 saturated carbocycles. The molecule has 0 unspecified atom stereocenters. The Kier molecular flexibility index (Phi) is 6.45. The Balaban J connectivity index is 1.46. The lowest BCUT2D eigenvalue weighted by atomic mass is 9.99. The lowest BCUT2D eigenvalue weighted by Gasteiger charge is -2.36. The molecule has 1 fully saturated rings. The van der Waals surface area contributed by atoms with Crippen LogP contribution in [0, 0.1) is 26.6 Å². The second kappa shape index (κ2) is 9.45. The molecule has 4 rings (SSSR count). The summed E-state index contributed by atoms with van der Waals surface area (Å²) in [5, 5.41) is 2.71. The number of carbonyl (C=O) groups is 2. The number of hydrogen-bond acceptors (Lipinski definition) is 2. The van der Waals surface area contributed by atoms with Crippen molar-refractivity contribution in [1.29, 1.82) is 0 Å². The van der Waals surface area contributed by atoms with E-state index in [9.17, 15) is 14.0 Å². The monoisotopic (exact) mass is 445 g/mol. The fourth-order valence-electron chi connectivity index (χ4n) is 4.39. The lowest BCUT2D eigenvalue weighted by Crippen LogP contribution is -2.49. The summed E-state index contributed by atoms with van der Waals surface area (Å²) in [7, 11) is 0. The van der Waals surface area contributed by atoms with Crippen molar-refractivity contribution in [2.45, 2.75) is 33.7 Å². The number of aryl methyl sites for hydroxylation is 3. The van der Waals surface area contributed by atoms with Gasteiger partial charge in [-0.05, 0) is 80.3 Å². The molecular formula is C27H28FN3O2. The summed E-state index contributed by atoms with van der Waals surface area (Å²) in [6, 6.07) is 17.2. The number of carbonyl (C=O) groups excluding carboxylic acids is 2. The first-order valence-corrected chi connectivity index (χ1v) is 11.1. The molecule has 33 heavy (non-hydrogen) atoms. The minimum Gasteiger partial charge on any atom is -0.322 e. The number of anilines is 2. The fourth-order valence-corrected chi connectivity index (χ4v) is 4.39. The van der Waals surface area contributed by atoms with Crippen LogP contribution in [0.15, 0.2) is 60.7 Å². The molecule has 3 aromatic rings. The van der Waals surface area contributed by atoms with Crippen molar-refractivity contribution in [2.24, 2.45) is 0 Å². The maximum atomic E-state index is 13.8. The summed E-state index contributed by atoms with van der Waals surface area (Å²) < 4.78 is 13.8. The molecule has 1 heterocycles. The molecule has 0 aliphatic carbocycles. The number of hydrogen-bond donors (Lipinski definition) is 1. The van der Waals surface area contributed by atoms with Gasteiger partial charge in [0.2, 0.25) is 0 Å². The van der Waals surface area contributed by atoms with Crippen LogP contribution in [0.2, 0.25) is 0 Å². The maximum absolute atomic E-state index is 13.8. The highest BCUT2D eigenvalue weighted by Gasteiger charge is 2.27. The smallest absolute Gasteiger partial charge is 0.322 e. The van der Waals surface area contributed by atoms with Crippen molar-refractivity contribution in [3.63, 3.8) is 0 Å². The van der Waals surface area contributed by atoms with Gasteiger partial charge in [-0.1, -0.05) is 29.8 Å². The third kappa shape index (κ3) is 4.90. The van der Waals surface area contributed by atoms with E-state index in [1.165, 1.54) is 34.4 Å². The highest BCUT2D eigenvalue weighted by Crippen LogP contribution is 2.25. The fraction of sp³-hybridized carbons (Fsp3) is 0.259. The third-order valence-corrected chi connectivity index (χ3v) is 6.06.